The zero-order chi connectivity index (χ0) is 22.5. The van der Waals surface area contributed by atoms with E-state index < -0.39 is 23.7 Å². The summed E-state index contributed by atoms with van der Waals surface area (Å²) in [5, 5.41) is 19.7. The Kier molecular flexibility index (Phi) is 7.67. The van der Waals surface area contributed by atoms with Gasteiger partial charge in [0.15, 0.2) is 0 Å². The lowest BCUT2D eigenvalue weighted by Crippen LogP contribution is -2.30. The summed E-state index contributed by atoms with van der Waals surface area (Å²) >= 11 is 6.74. The summed E-state index contributed by atoms with van der Waals surface area (Å²) in [6.07, 6.45) is 1.75. The molecule has 1 amide bonds. The lowest BCUT2D eigenvalue weighted by atomic mass is 9.95. The lowest BCUT2D eigenvalue weighted by Gasteiger charge is -2.25. The highest BCUT2D eigenvalue weighted by atomic mass is 79.9. The molecule has 1 saturated heterocycles. The largest absolute Gasteiger partial charge is 0.507 e. The highest BCUT2D eigenvalue weighted by molar-refractivity contribution is 9.10. The van der Waals surface area contributed by atoms with Crippen LogP contribution in [0.15, 0.2) is 63.0 Å². The number of aliphatic hydroxyl groups is 1. The number of carboxylic acids is 1. The molecule has 1 fully saturated rings. The van der Waals surface area contributed by atoms with Gasteiger partial charge in [0, 0.05) is 27.5 Å². The number of Topliss-reactive ketones (excluding diaryl/α,β-unsaturated/α-hetero) is 1. The summed E-state index contributed by atoms with van der Waals surface area (Å²) in [6.45, 7) is 0.294. The molecule has 0 aliphatic carbocycles. The van der Waals surface area contributed by atoms with Gasteiger partial charge in [-0.05, 0) is 42.7 Å². The van der Waals surface area contributed by atoms with Crippen molar-refractivity contribution in [1.29, 1.82) is 0 Å². The molecule has 0 radical (unpaired) electrons. The van der Waals surface area contributed by atoms with Crippen molar-refractivity contribution in [3.05, 3.63) is 74.2 Å². The van der Waals surface area contributed by atoms with Crippen LogP contribution in [0.4, 0.5) is 0 Å². The van der Waals surface area contributed by atoms with Gasteiger partial charge in [-0.15, -0.1) is 0 Å². The monoisotopic (exact) mass is 549 g/mol. The first-order valence-corrected chi connectivity index (χ1v) is 11.4. The van der Waals surface area contributed by atoms with Crippen LogP contribution in [-0.2, 0) is 14.4 Å². The topological polar surface area (TPSA) is 94.9 Å². The SMILES string of the molecule is O=C(O)CCCCCN1C(=O)C(=O)/C(=C(/O)c2ccc(Br)cc2)[C@H]1c1ccc(Br)cc1. The summed E-state index contributed by atoms with van der Waals surface area (Å²) in [5.74, 6) is -2.46. The minimum Gasteiger partial charge on any atom is -0.507 e. The lowest BCUT2D eigenvalue weighted by molar-refractivity contribution is -0.140. The highest BCUT2D eigenvalue weighted by Gasteiger charge is 2.45. The van der Waals surface area contributed by atoms with Crippen LogP contribution in [0.25, 0.3) is 5.76 Å². The van der Waals surface area contributed by atoms with E-state index in [1.807, 2.05) is 24.3 Å². The zero-order valence-electron chi connectivity index (χ0n) is 16.6. The summed E-state index contributed by atoms with van der Waals surface area (Å²) in [4.78, 5) is 37.9. The molecular weight excluding hydrogens is 530 g/mol. The van der Waals surface area contributed by atoms with E-state index >= 15 is 0 Å². The molecule has 2 aromatic rings. The van der Waals surface area contributed by atoms with Gasteiger partial charge in [-0.3, -0.25) is 14.4 Å². The quantitative estimate of drug-likeness (QED) is 0.202. The number of benzene rings is 2. The second-order valence-electron chi connectivity index (χ2n) is 7.26. The minimum atomic E-state index is -0.857. The van der Waals surface area contributed by atoms with E-state index in [4.69, 9.17) is 5.11 Å². The molecule has 31 heavy (non-hydrogen) atoms. The number of carbonyl (C=O) groups is 3. The highest BCUT2D eigenvalue weighted by Crippen LogP contribution is 2.40. The van der Waals surface area contributed by atoms with Crippen LogP contribution in [0.1, 0.15) is 42.9 Å². The zero-order valence-corrected chi connectivity index (χ0v) is 19.7. The van der Waals surface area contributed by atoms with Gasteiger partial charge in [0.1, 0.15) is 5.76 Å². The van der Waals surface area contributed by atoms with Gasteiger partial charge in [0.25, 0.3) is 11.7 Å². The molecule has 6 nitrogen and oxygen atoms in total. The summed E-state index contributed by atoms with van der Waals surface area (Å²) in [5.41, 5.74) is 1.22. The second-order valence-corrected chi connectivity index (χ2v) is 9.09. The third-order valence-corrected chi connectivity index (χ3v) is 6.19. The molecule has 162 valence electrons. The molecule has 2 N–H and O–H groups in total. The Bertz CT molecular complexity index is 1020. The maximum absolute atomic E-state index is 12.9. The predicted octanol–water partition coefficient (Wildman–Crippen LogP) is 5.28. The van der Waals surface area contributed by atoms with Crippen LogP contribution >= 0.6 is 31.9 Å². The number of carboxylic acid groups (broad SMARTS) is 1. The Hall–Kier alpha value is -2.45. The Morgan fingerprint density at radius 2 is 1.45 bits per heavy atom. The predicted molar refractivity (Wildman–Crippen MR) is 123 cm³/mol. The third-order valence-electron chi connectivity index (χ3n) is 5.13. The molecule has 0 saturated carbocycles. The van der Waals surface area contributed by atoms with Gasteiger partial charge in [0.05, 0.1) is 11.6 Å². The van der Waals surface area contributed by atoms with E-state index in [-0.39, 0.29) is 17.8 Å². The third kappa shape index (κ3) is 5.43. The average Bonchev–Trinajstić information content (AvgIpc) is 2.99. The molecule has 0 aromatic heterocycles. The maximum atomic E-state index is 12.9. The van der Waals surface area contributed by atoms with Gasteiger partial charge in [-0.1, -0.05) is 62.5 Å². The summed E-state index contributed by atoms with van der Waals surface area (Å²) in [7, 11) is 0. The van der Waals surface area contributed by atoms with E-state index in [1.54, 1.807) is 24.3 Å². The Balaban J connectivity index is 1.96. The van der Waals surface area contributed by atoms with E-state index in [1.165, 1.54) is 4.90 Å². The normalized spacial score (nSPS) is 17.9. The van der Waals surface area contributed by atoms with Crippen molar-refractivity contribution in [3.8, 4) is 0 Å². The number of hydrogen-bond acceptors (Lipinski definition) is 4. The van der Waals surface area contributed by atoms with Gasteiger partial charge in [0.2, 0.25) is 0 Å². The number of nitrogens with zero attached hydrogens (tertiary/aromatic N) is 1. The fourth-order valence-corrected chi connectivity index (χ4v) is 4.13. The van der Waals surface area contributed by atoms with Crippen LogP contribution in [0, 0.1) is 0 Å². The fraction of sp³-hybridized carbons (Fsp3) is 0.261. The van der Waals surface area contributed by atoms with Crippen molar-refractivity contribution in [1.82, 2.24) is 4.90 Å². The number of hydrogen-bond donors (Lipinski definition) is 2. The van der Waals surface area contributed by atoms with Crippen LogP contribution < -0.4 is 0 Å². The van der Waals surface area contributed by atoms with Gasteiger partial charge < -0.3 is 15.1 Å². The van der Waals surface area contributed by atoms with Crippen molar-refractivity contribution in [2.75, 3.05) is 6.54 Å². The van der Waals surface area contributed by atoms with Crippen molar-refractivity contribution < 1.29 is 24.6 Å². The van der Waals surface area contributed by atoms with Crippen LogP contribution in [-0.4, -0.2) is 39.3 Å². The van der Waals surface area contributed by atoms with Crippen molar-refractivity contribution in [2.24, 2.45) is 0 Å². The van der Waals surface area contributed by atoms with Gasteiger partial charge >= 0.3 is 5.97 Å². The van der Waals surface area contributed by atoms with E-state index in [0.29, 0.717) is 36.9 Å². The van der Waals surface area contributed by atoms with Crippen molar-refractivity contribution >= 4 is 55.3 Å². The van der Waals surface area contributed by atoms with E-state index in [0.717, 1.165) is 8.95 Å². The molecular formula is C23H21Br2NO5. The molecule has 0 bridgehead atoms. The Morgan fingerprint density at radius 1 is 0.871 bits per heavy atom. The van der Waals surface area contributed by atoms with Gasteiger partial charge in [-0.2, -0.15) is 0 Å². The molecule has 0 spiro atoms. The van der Waals surface area contributed by atoms with Crippen LogP contribution in [0.2, 0.25) is 0 Å². The first kappa shape index (κ1) is 23.2. The number of rotatable bonds is 8. The Labute approximate surface area is 196 Å². The Morgan fingerprint density at radius 3 is 2.03 bits per heavy atom. The average molecular weight is 551 g/mol. The number of amides is 1. The van der Waals surface area contributed by atoms with Crippen LogP contribution in [0.3, 0.4) is 0 Å². The number of unbranched alkanes of at least 4 members (excludes halogenated alkanes) is 2. The first-order chi connectivity index (χ1) is 14.8. The number of likely N-dealkylation sites (tertiary alicyclic amines) is 1. The van der Waals surface area contributed by atoms with Crippen LogP contribution in [0.5, 0.6) is 0 Å². The number of carbonyl (C=O) groups excluding carboxylic acids is 2. The second kappa shape index (κ2) is 10.2. The molecule has 1 heterocycles. The molecule has 1 atom stereocenters. The maximum Gasteiger partial charge on any atom is 0.303 e. The van der Waals surface area contributed by atoms with E-state index in [9.17, 15) is 19.5 Å². The molecule has 2 aromatic carbocycles. The molecule has 8 heteroatoms. The molecule has 1 aliphatic heterocycles. The van der Waals surface area contributed by atoms with Crippen molar-refractivity contribution in [2.45, 2.75) is 31.7 Å². The van der Waals surface area contributed by atoms with Gasteiger partial charge in [-0.25, -0.2) is 0 Å². The number of ketones is 1. The fourth-order valence-electron chi connectivity index (χ4n) is 3.60. The van der Waals surface area contributed by atoms with Crippen molar-refractivity contribution in [3.63, 3.8) is 0 Å². The number of aliphatic carboxylic acids is 1. The summed E-state index contributed by atoms with van der Waals surface area (Å²) in [6, 6.07) is 13.4. The summed E-state index contributed by atoms with van der Waals surface area (Å²) < 4.78 is 1.69. The molecule has 0 unspecified atom stereocenters. The standard InChI is InChI=1S/C23H21Br2NO5/c24-16-9-5-14(6-10-16)20-19(21(29)15-7-11-17(25)12-8-15)22(30)23(31)26(20)13-3-1-2-4-18(27)28/h5-12,20,29H,1-4,13H2,(H,27,28)/b21-19+/t20-/m1/s1. The number of aliphatic hydroxyl groups excluding tert-OH is 1. The minimum absolute atomic E-state index is 0.0557. The smallest absolute Gasteiger partial charge is 0.303 e. The number of halogens is 2. The molecule has 3 rings (SSSR count). The van der Waals surface area contributed by atoms with E-state index in [2.05, 4.69) is 31.9 Å². The first-order valence-electron chi connectivity index (χ1n) is 9.81. The molecule has 1 aliphatic rings.